The number of ether oxygens (including phenoxy) is 5. The number of carbonyl (C=O) groups excluding carboxylic acids is 5. The largest absolute Gasteiger partial charge is 0.514 e. The van der Waals surface area contributed by atoms with Crippen molar-refractivity contribution in [2.75, 3.05) is 53.1 Å². The van der Waals surface area contributed by atoms with Crippen LogP contribution in [0.3, 0.4) is 0 Å². The van der Waals surface area contributed by atoms with E-state index in [0.717, 1.165) is 88.2 Å². The highest BCUT2D eigenvalue weighted by molar-refractivity contribution is 7.20. The SMILES string of the molecule is CC(C(Oc1ccc(COC(=O)Nc2ccc3nc(C#N)sc3c2)cc1Cl)c1ccccc1)N(C)C.CC(C(Oc1ccc(COC(=O)Oc2ccc3nc(C#N)sc3c2)cc1)c1ccccc1)N(C)C.N#Cc1nc2ccc(CC(=O)CCCN)cc2s1.N#Cc1nc2ccc(CC(=O)CCCNC(=O)C(N)CCCCN)cc2s1. The lowest BCUT2D eigenvalue weighted by molar-refractivity contribution is -0.123. The fourth-order valence-corrected chi connectivity index (χ4v) is 15.0. The molecule has 0 radical (unpaired) electrons. The fraction of sp³-hybridized carbons (Fsp3) is 0.291. The molecular formula is C86H88ClN15O10S4. The summed E-state index contributed by atoms with van der Waals surface area (Å²) >= 11 is 11.7. The van der Waals surface area contributed by atoms with Crippen molar-refractivity contribution in [1.29, 1.82) is 21.0 Å². The number of nitrogens with one attached hydrogen (secondary N) is 2. The molecule has 0 aliphatic heterocycles. The van der Waals surface area contributed by atoms with Gasteiger partial charge in [-0.2, -0.15) is 21.0 Å². The molecule has 0 spiro atoms. The summed E-state index contributed by atoms with van der Waals surface area (Å²) in [5, 5.41) is 43.2. The Bertz CT molecular complexity index is 5480. The van der Waals surface area contributed by atoms with Gasteiger partial charge in [-0.1, -0.05) is 109 Å². The van der Waals surface area contributed by atoms with Gasteiger partial charge in [0, 0.05) is 56.1 Å². The van der Waals surface area contributed by atoms with Gasteiger partial charge < -0.3 is 56.0 Å². The summed E-state index contributed by atoms with van der Waals surface area (Å²) in [6, 6.07) is 62.3. The number of hydrogen-bond acceptors (Lipinski definition) is 27. The molecule has 0 bridgehead atoms. The molecule has 8 N–H and O–H groups in total. The minimum Gasteiger partial charge on any atom is -0.484 e. The number of ketones is 2. The van der Waals surface area contributed by atoms with Gasteiger partial charge in [-0.25, -0.2) is 29.5 Å². The molecule has 0 saturated heterocycles. The predicted molar refractivity (Wildman–Crippen MR) is 455 cm³/mol. The number of aromatic nitrogens is 4. The van der Waals surface area contributed by atoms with Crippen molar-refractivity contribution in [3.05, 3.63) is 234 Å². The third-order valence-electron chi connectivity index (χ3n) is 18.1. The van der Waals surface area contributed by atoms with Crippen molar-refractivity contribution in [2.45, 2.75) is 115 Å². The second-order valence-corrected chi connectivity index (χ2v) is 31.6. The molecule has 2 amide bonds. The van der Waals surface area contributed by atoms with Crippen molar-refractivity contribution < 1.29 is 47.7 Å². The zero-order valence-corrected chi connectivity index (χ0v) is 68.8. The molecule has 0 aliphatic rings. The highest BCUT2D eigenvalue weighted by Gasteiger charge is 2.26. The van der Waals surface area contributed by atoms with Crippen LogP contribution in [0.4, 0.5) is 15.3 Å². The number of thiazole rings is 4. The number of fused-ring (bicyclic) bond motifs is 4. The summed E-state index contributed by atoms with van der Waals surface area (Å²) in [6.45, 7) is 5.92. The van der Waals surface area contributed by atoms with Crippen molar-refractivity contribution in [3.63, 3.8) is 0 Å². The van der Waals surface area contributed by atoms with E-state index in [4.69, 9.17) is 73.5 Å². The molecule has 116 heavy (non-hydrogen) atoms. The lowest BCUT2D eigenvalue weighted by Gasteiger charge is -2.30. The number of nitrogens with zero attached hydrogens (tertiary/aromatic N) is 10. The number of halogens is 1. The molecule has 30 heteroatoms. The number of anilines is 1. The Morgan fingerprint density at radius 1 is 0.500 bits per heavy atom. The molecule has 0 aliphatic carbocycles. The summed E-state index contributed by atoms with van der Waals surface area (Å²) in [5.41, 5.74) is 25.7. The van der Waals surface area contributed by atoms with Crippen LogP contribution >= 0.6 is 56.9 Å². The van der Waals surface area contributed by atoms with Gasteiger partial charge in [-0.05, 0) is 193 Å². The lowest BCUT2D eigenvalue weighted by Crippen LogP contribution is -2.41. The van der Waals surface area contributed by atoms with Crippen LogP contribution in [-0.4, -0.2) is 125 Å². The Morgan fingerprint density at radius 2 is 0.948 bits per heavy atom. The van der Waals surface area contributed by atoms with Crippen LogP contribution in [0, 0.1) is 45.3 Å². The summed E-state index contributed by atoms with van der Waals surface area (Å²) in [7, 11) is 8.08. The van der Waals surface area contributed by atoms with Crippen LogP contribution in [-0.2, 0) is 49.9 Å². The van der Waals surface area contributed by atoms with Crippen LogP contribution in [0.1, 0.15) is 124 Å². The lowest BCUT2D eigenvalue weighted by atomic mass is 10.0. The number of unbranched alkanes of at least 4 members (excludes halogenated alkanes) is 1. The molecule has 0 fully saturated rings. The van der Waals surface area contributed by atoms with Crippen molar-refractivity contribution in [3.8, 4) is 41.5 Å². The Labute approximate surface area is 693 Å². The van der Waals surface area contributed by atoms with E-state index in [2.05, 4.69) is 66.3 Å². The quantitative estimate of drug-likeness (QED) is 0.0148. The summed E-state index contributed by atoms with van der Waals surface area (Å²) in [6.07, 6.45) is 3.57. The predicted octanol–water partition coefficient (Wildman–Crippen LogP) is 16.2. The van der Waals surface area contributed by atoms with E-state index in [-0.39, 0.29) is 55.0 Å². The molecule has 25 nitrogen and oxygen atoms in total. The van der Waals surface area contributed by atoms with Gasteiger partial charge in [-0.3, -0.25) is 19.7 Å². The van der Waals surface area contributed by atoms with Gasteiger partial charge in [0.05, 0.1) is 51.9 Å². The molecule has 598 valence electrons. The van der Waals surface area contributed by atoms with E-state index in [0.29, 0.717) is 111 Å². The van der Waals surface area contributed by atoms with Crippen LogP contribution < -0.4 is 42.0 Å². The van der Waals surface area contributed by atoms with Gasteiger partial charge in [0.25, 0.3) is 0 Å². The summed E-state index contributed by atoms with van der Waals surface area (Å²) < 4.78 is 32.0. The number of likely N-dealkylation sites (N-methyl/N-ethyl adjacent to an activating group) is 2. The smallest absolute Gasteiger partial charge is 0.484 e. The Balaban J connectivity index is 0.000000182. The number of nitrogens with two attached hydrogens (primary N) is 3. The third kappa shape index (κ3) is 27.0. The molecular weight excluding hydrogens is 1570 g/mol. The number of Topliss-reactive ketones (excluding diaryl/α,β-unsaturated/α-hetero) is 2. The first-order valence-corrected chi connectivity index (χ1v) is 40.8. The topological polar surface area (TPSA) is 387 Å². The maximum absolute atomic E-state index is 12.3. The molecule has 12 aromatic rings. The second-order valence-electron chi connectivity index (χ2n) is 27.1. The van der Waals surface area contributed by atoms with Crippen LogP contribution in [0.15, 0.2) is 176 Å². The standard InChI is InChI=1S/C27H25ClN4O3S.C27H25N3O4S.C19H25N5O2S.C13H13N3OS/c1-17(32(2)3)26(19-7-5-4-6-8-19)35-23-12-9-18(13-21(23)28)16-34-27(33)30-20-10-11-22-24(14-20)36-25(15-29)31-22;1-18(30(2)3)26(20-7-5-4-6-8-20)33-21-11-9-19(10-12-21)17-32-27(31)34-22-13-14-23-24(15-22)35-25(16-28)29-23;20-8-2-1-5-15(22)19(26)23-9-3-4-14(25)10-13-6-7-16-17(11-13)27-18(12-21)24-16;14-5-1-2-10(17)6-9-3-4-11-12(7-9)18-13(8-15)16-11/h4-14,17,26H,16H2,1-3H3,(H,30,33);4-15,18,26H,17H2,1-3H3;6-7,11,15H,1-5,8-10,20,22H2,(H,23,26);3-4,7H,1-2,5-6,14H2. The average Bonchev–Trinajstić information content (AvgIpc) is 1.68. The average molecular weight is 1660 g/mol. The molecule has 4 aromatic heterocycles. The Hall–Kier alpha value is -11.7. The minimum absolute atomic E-state index is 0.0451. The first-order chi connectivity index (χ1) is 56.0. The third-order valence-corrected chi connectivity index (χ3v) is 22.1. The number of benzene rings is 8. The fourth-order valence-electron chi connectivity index (χ4n) is 11.5. The molecule has 4 heterocycles. The first kappa shape index (κ1) is 88.3. The number of rotatable bonds is 32. The van der Waals surface area contributed by atoms with E-state index < -0.39 is 18.3 Å². The molecule has 5 atom stereocenters. The van der Waals surface area contributed by atoms with Gasteiger partial charge in [0.15, 0.2) is 20.0 Å². The monoisotopic (exact) mass is 1650 g/mol. The highest BCUT2D eigenvalue weighted by Crippen LogP contribution is 2.35. The minimum atomic E-state index is -0.807. The number of hydrogen-bond donors (Lipinski definition) is 5. The van der Waals surface area contributed by atoms with Crippen LogP contribution in [0.5, 0.6) is 17.2 Å². The van der Waals surface area contributed by atoms with Crippen molar-refractivity contribution >= 4 is 133 Å². The highest BCUT2D eigenvalue weighted by atomic mass is 35.5. The number of amides is 2. The molecule has 0 saturated carbocycles. The Kier molecular flexibility index (Phi) is 34.1. The van der Waals surface area contributed by atoms with E-state index >= 15 is 0 Å². The first-order valence-electron chi connectivity index (χ1n) is 37.1. The maximum Gasteiger partial charge on any atom is 0.514 e. The van der Waals surface area contributed by atoms with Gasteiger partial charge in [0.1, 0.15) is 78.5 Å². The zero-order valence-electron chi connectivity index (χ0n) is 64.8. The van der Waals surface area contributed by atoms with Gasteiger partial charge in [0.2, 0.25) is 5.91 Å². The Morgan fingerprint density at radius 3 is 1.45 bits per heavy atom. The normalized spacial score (nSPS) is 12.1. The molecule has 12 rings (SSSR count). The maximum atomic E-state index is 12.3. The zero-order chi connectivity index (χ0) is 83.0. The van der Waals surface area contributed by atoms with E-state index in [9.17, 15) is 24.0 Å². The van der Waals surface area contributed by atoms with E-state index in [1.165, 1.54) is 45.3 Å². The second kappa shape index (κ2) is 44.8. The summed E-state index contributed by atoms with van der Waals surface area (Å²) in [4.78, 5) is 81.0. The molecule has 5 unspecified atom stereocenters. The summed E-state index contributed by atoms with van der Waals surface area (Å²) in [5.74, 6) is 1.76. The van der Waals surface area contributed by atoms with Gasteiger partial charge >= 0.3 is 12.2 Å². The molecule has 8 aromatic carbocycles. The number of nitriles is 4. The van der Waals surface area contributed by atoms with Crippen molar-refractivity contribution in [2.24, 2.45) is 17.2 Å². The number of carbonyl (C=O) groups is 5. The van der Waals surface area contributed by atoms with Crippen molar-refractivity contribution in [1.82, 2.24) is 35.1 Å². The van der Waals surface area contributed by atoms with E-state index in [1.54, 1.807) is 48.5 Å². The van der Waals surface area contributed by atoms with Crippen LogP contribution in [0.2, 0.25) is 5.02 Å². The van der Waals surface area contributed by atoms with E-state index in [1.807, 2.05) is 168 Å². The van der Waals surface area contributed by atoms with Crippen LogP contribution in [0.25, 0.3) is 40.9 Å². The van der Waals surface area contributed by atoms with Gasteiger partial charge in [-0.15, -0.1) is 45.3 Å².